The van der Waals surface area contributed by atoms with Gasteiger partial charge >= 0.3 is 0 Å². The van der Waals surface area contributed by atoms with Gasteiger partial charge in [-0.3, -0.25) is 4.79 Å². The van der Waals surface area contributed by atoms with Crippen LogP contribution in [0.15, 0.2) is 18.2 Å². The van der Waals surface area contributed by atoms with Crippen LogP contribution in [0.5, 0.6) is 0 Å². The summed E-state index contributed by atoms with van der Waals surface area (Å²) >= 11 is 5.76. The van der Waals surface area contributed by atoms with E-state index in [0.29, 0.717) is 24.7 Å². The van der Waals surface area contributed by atoms with Crippen molar-refractivity contribution in [2.24, 2.45) is 0 Å². The molecular formula is C12H11ClFN3O. The molecule has 0 bridgehead atoms. The summed E-state index contributed by atoms with van der Waals surface area (Å²) in [5, 5.41) is 12.3. The number of halogens is 2. The lowest BCUT2D eigenvalue weighted by Gasteiger charge is -2.32. The van der Waals surface area contributed by atoms with Gasteiger partial charge in [-0.1, -0.05) is 11.6 Å². The molecule has 2 rings (SSSR count). The van der Waals surface area contributed by atoms with E-state index in [1.165, 1.54) is 17.0 Å². The molecule has 0 saturated carbocycles. The van der Waals surface area contributed by atoms with E-state index in [2.05, 4.69) is 5.32 Å². The minimum Gasteiger partial charge on any atom is -0.320 e. The highest BCUT2D eigenvalue weighted by molar-refractivity contribution is 6.31. The van der Waals surface area contributed by atoms with E-state index in [-0.39, 0.29) is 5.56 Å². The maximum atomic E-state index is 13.6. The van der Waals surface area contributed by atoms with Gasteiger partial charge in [-0.15, -0.1) is 0 Å². The van der Waals surface area contributed by atoms with E-state index < -0.39 is 17.8 Å². The van der Waals surface area contributed by atoms with Crippen LogP contribution in [0.2, 0.25) is 5.02 Å². The second-order valence-electron chi connectivity index (χ2n) is 3.97. The Labute approximate surface area is 109 Å². The Morgan fingerprint density at radius 2 is 2.39 bits per heavy atom. The van der Waals surface area contributed by atoms with E-state index in [1.54, 1.807) is 0 Å². The first kappa shape index (κ1) is 12.8. The van der Waals surface area contributed by atoms with E-state index >= 15 is 0 Å². The number of piperazine rings is 1. The molecule has 0 aromatic heterocycles. The van der Waals surface area contributed by atoms with Crippen molar-refractivity contribution in [3.05, 3.63) is 34.6 Å². The smallest absolute Gasteiger partial charge is 0.258 e. The highest BCUT2D eigenvalue weighted by Crippen LogP contribution is 2.18. The summed E-state index contributed by atoms with van der Waals surface area (Å²) in [6.45, 7) is 1.36. The molecule has 1 aliphatic rings. The number of nitriles is 1. The van der Waals surface area contributed by atoms with Gasteiger partial charge in [0.15, 0.2) is 0 Å². The van der Waals surface area contributed by atoms with Crippen LogP contribution in [0, 0.1) is 17.1 Å². The maximum absolute atomic E-state index is 13.6. The molecule has 6 heteroatoms. The largest absolute Gasteiger partial charge is 0.320 e. The first-order chi connectivity index (χ1) is 8.63. The number of benzene rings is 1. The minimum absolute atomic E-state index is 0.0929. The van der Waals surface area contributed by atoms with E-state index in [1.807, 2.05) is 6.07 Å². The molecule has 0 aliphatic carbocycles. The molecule has 1 aromatic carbocycles. The van der Waals surface area contributed by atoms with Crippen molar-refractivity contribution in [2.75, 3.05) is 19.6 Å². The lowest BCUT2D eigenvalue weighted by atomic mass is 10.1. The lowest BCUT2D eigenvalue weighted by Crippen LogP contribution is -2.53. The van der Waals surface area contributed by atoms with Crippen molar-refractivity contribution >= 4 is 17.5 Å². The van der Waals surface area contributed by atoms with Crippen molar-refractivity contribution in [1.82, 2.24) is 10.2 Å². The van der Waals surface area contributed by atoms with E-state index in [4.69, 9.17) is 16.9 Å². The molecule has 0 radical (unpaired) electrons. The molecule has 1 fully saturated rings. The van der Waals surface area contributed by atoms with Crippen LogP contribution in [0.3, 0.4) is 0 Å². The second kappa shape index (κ2) is 5.34. The molecule has 18 heavy (non-hydrogen) atoms. The molecule has 1 unspecified atom stereocenters. The van der Waals surface area contributed by atoms with Crippen molar-refractivity contribution in [1.29, 1.82) is 5.26 Å². The van der Waals surface area contributed by atoms with Crippen LogP contribution in [-0.2, 0) is 0 Å². The molecule has 1 atom stereocenters. The van der Waals surface area contributed by atoms with E-state index in [9.17, 15) is 9.18 Å². The molecule has 1 aromatic rings. The molecule has 1 aliphatic heterocycles. The van der Waals surface area contributed by atoms with Gasteiger partial charge < -0.3 is 10.2 Å². The van der Waals surface area contributed by atoms with Crippen LogP contribution in [0.1, 0.15) is 10.4 Å². The van der Waals surface area contributed by atoms with Crippen LogP contribution in [0.25, 0.3) is 0 Å². The van der Waals surface area contributed by atoms with Gasteiger partial charge in [-0.25, -0.2) is 4.39 Å². The van der Waals surface area contributed by atoms with E-state index in [0.717, 1.165) is 6.07 Å². The molecule has 1 heterocycles. The fraction of sp³-hybridized carbons (Fsp3) is 0.333. The number of rotatable bonds is 1. The van der Waals surface area contributed by atoms with Crippen LogP contribution in [-0.4, -0.2) is 36.5 Å². The van der Waals surface area contributed by atoms with Crippen LogP contribution in [0.4, 0.5) is 4.39 Å². The average Bonchev–Trinajstić information content (AvgIpc) is 2.40. The molecule has 1 N–H and O–H groups in total. The minimum atomic E-state index is -0.625. The summed E-state index contributed by atoms with van der Waals surface area (Å²) in [5.74, 6) is -1.12. The van der Waals surface area contributed by atoms with Gasteiger partial charge in [0.1, 0.15) is 11.9 Å². The number of hydrogen-bond donors (Lipinski definition) is 1. The predicted molar refractivity (Wildman–Crippen MR) is 64.7 cm³/mol. The first-order valence-electron chi connectivity index (χ1n) is 5.50. The zero-order valence-electron chi connectivity index (χ0n) is 9.49. The highest BCUT2D eigenvalue weighted by atomic mass is 35.5. The summed E-state index contributed by atoms with van der Waals surface area (Å²) in [6, 6.07) is 5.27. The number of nitrogens with zero attached hydrogens (tertiary/aromatic N) is 2. The summed E-state index contributed by atoms with van der Waals surface area (Å²) in [7, 11) is 0. The first-order valence-corrected chi connectivity index (χ1v) is 5.87. The van der Waals surface area contributed by atoms with Crippen molar-refractivity contribution in [2.45, 2.75) is 6.04 Å². The molecule has 1 amide bonds. The summed E-state index contributed by atoms with van der Waals surface area (Å²) in [4.78, 5) is 13.6. The number of carbonyl (C=O) groups excluding carboxylic acids is 1. The van der Waals surface area contributed by atoms with Crippen molar-refractivity contribution in [3.8, 4) is 6.07 Å². The summed E-state index contributed by atoms with van der Waals surface area (Å²) < 4.78 is 13.6. The number of carbonyl (C=O) groups is 1. The molecule has 1 saturated heterocycles. The number of hydrogen-bond acceptors (Lipinski definition) is 3. The SMILES string of the molecule is N#CC1CNCCN1C(=O)c1cc(Cl)ccc1F. The van der Waals surface area contributed by atoms with Gasteiger partial charge in [0.2, 0.25) is 0 Å². The fourth-order valence-electron chi connectivity index (χ4n) is 1.88. The third-order valence-corrected chi connectivity index (χ3v) is 3.05. The third kappa shape index (κ3) is 2.45. The Morgan fingerprint density at radius 1 is 1.61 bits per heavy atom. The van der Waals surface area contributed by atoms with Crippen LogP contribution >= 0.6 is 11.6 Å². The monoisotopic (exact) mass is 267 g/mol. The average molecular weight is 268 g/mol. The van der Waals surface area contributed by atoms with Crippen molar-refractivity contribution in [3.63, 3.8) is 0 Å². The molecule has 94 valence electrons. The Bertz CT molecular complexity index is 515. The molecule has 4 nitrogen and oxygen atoms in total. The Balaban J connectivity index is 2.30. The quantitative estimate of drug-likeness (QED) is 0.837. The predicted octanol–water partition coefficient (Wildman–Crippen LogP) is 1.42. The molecular weight excluding hydrogens is 257 g/mol. The topological polar surface area (TPSA) is 56.1 Å². The third-order valence-electron chi connectivity index (χ3n) is 2.81. The van der Waals surface area contributed by atoms with Gasteiger partial charge in [-0.05, 0) is 18.2 Å². The van der Waals surface area contributed by atoms with Gasteiger partial charge in [0.05, 0.1) is 11.6 Å². The Morgan fingerprint density at radius 3 is 3.11 bits per heavy atom. The standard InChI is InChI=1S/C12H11ClFN3O/c13-8-1-2-11(14)10(5-8)12(18)17-4-3-16-7-9(17)6-15/h1-2,5,9,16H,3-4,7H2. The second-order valence-corrected chi connectivity index (χ2v) is 4.41. The maximum Gasteiger partial charge on any atom is 0.258 e. The lowest BCUT2D eigenvalue weighted by molar-refractivity contribution is 0.0682. The fourth-order valence-corrected chi connectivity index (χ4v) is 2.05. The number of amides is 1. The zero-order valence-corrected chi connectivity index (χ0v) is 10.2. The normalized spacial score (nSPS) is 19.4. The highest BCUT2D eigenvalue weighted by Gasteiger charge is 2.28. The van der Waals surface area contributed by atoms with Gasteiger partial charge in [0, 0.05) is 24.7 Å². The summed E-state index contributed by atoms with van der Waals surface area (Å²) in [5.41, 5.74) is -0.0929. The Kier molecular flexibility index (Phi) is 3.80. The zero-order chi connectivity index (χ0) is 13.1. The number of nitrogens with one attached hydrogen (secondary N) is 1. The van der Waals surface area contributed by atoms with Gasteiger partial charge in [-0.2, -0.15) is 5.26 Å². The van der Waals surface area contributed by atoms with Crippen molar-refractivity contribution < 1.29 is 9.18 Å². The Hall–Kier alpha value is -1.64. The summed E-state index contributed by atoms with van der Waals surface area (Å²) in [6.07, 6.45) is 0. The van der Waals surface area contributed by atoms with Gasteiger partial charge in [0.25, 0.3) is 5.91 Å². The molecule has 0 spiro atoms. The van der Waals surface area contributed by atoms with Crippen LogP contribution < -0.4 is 5.32 Å².